The number of nitro benzene ring substituents is 1. The number of nitrogens with zero attached hydrogens (tertiary/aromatic N) is 7. The molecule has 0 radical (unpaired) electrons. The van der Waals surface area contributed by atoms with Crippen molar-refractivity contribution < 1.29 is 26.2 Å². The van der Waals surface area contributed by atoms with Crippen molar-refractivity contribution in [3.63, 3.8) is 0 Å². The maximum Gasteiger partial charge on any atom is 0.302 e. The number of para-hydroxylation sites is 2. The summed E-state index contributed by atoms with van der Waals surface area (Å²) >= 11 is 0. The number of aromatic nitrogens is 4. The number of anilines is 3. The maximum atomic E-state index is 12.4. The third kappa shape index (κ3) is 5.50. The topological polar surface area (TPSA) is 140 Å². The van der Waals surface area contributed by atoms with Crippen LogP contribution in [0.15, 0.2) is 55.0 Å². The molecule has 0 saturated carbocycles. The smallest absolute Gasteiger partial charge is 0.302 e. The van der Waals surface area contributed by atoms with Gasteiger partial charge in [-0.25, -0.2) is 4.98 Å². The van der Waals surface area contributed by atoms with Crippen LogP contribution in [0.5, 0.6) is 5.75 Å². The number of nitrogens with one attached hydrogen (secondary N) is 1. The quantitative estimate of drug-likeness (QED) is 0.179. The lowest BCUT2D eigenvalue weighted by Gasteiger charge is -2.22. The van der Waals surface area contributed by atoms with Gasteiger partial charge in [-0.3, -0.25) is 10.1 Å². The summed E-state index contributed by atoms with van der Waals surface area (Å²) in [6.45, 7) is -1.94. The minimum atomic E-state index is -3.60. The summed E-state index contributed by atoms with van der Waals surface area (Å²) in [7, 11) is 0.882. The molecule has 14 heteroatoms. The lowest BCUT2D eigenvalue weighted by Crippen LogP contribution is -2.40. The van der Waals surface area contributed by atoms with Gasteiger partial charge < -0.3 is 19.9 Å². The minimum absolute atomic E-state index is 0.0826. The highest BCUT2D eigenvalue weighted by Gasteiger charge is 2.25. The second kappa shape index (κ2) is 10.6. The summed E-state index contributed by atoms with van der Waals surface area (Å²) in [5.41, 5.74) is 1.26. The Morgan fingerprint density at radius 1 is 1.24 bits per heavy atom. The monoisotopic (exact) mass is 544 g/mol. The highest BCUT2D eigenvalue weighted by molar-refractivity contribution is 7.84. The van der Waals surface area contributed by atoms with Crippen LogP contribution in [0.1, 0.15) is 4.11 Å². The van der Waals surface area contributed by atoms with Gasteiger partial charge >= 0.3 is 10.0 Å². The van der Waals surface area contributed by atoms with E-state index in [0.29, 0.717) is 16.9 Å². The fourth-order valence-corrected chi connectivity index (χ4v) is 4.67. The van der Waals surface area contributed by atoms with Gasteiger partial charge in [0.1, 0.15) is 11.4 Å². The van der Waals surface area contributed by atoms with Crippen molar-refractivity contribution in [2.45, 2.75) is 0 Å². The van der Waals surface area contributed by atoms with Crippen molar-refractivity contribution in [2.24, 2.45) is 0 Å². The van der Waals surface area contributed by atoms with Gasteiger partial charge in [0.2, 0.25) is 11.8 Å². The molecule has 0 unspecified atom stereocenters. The molecule has 200 valence electrons. The van der Waals surface area contributed by atoms with Gasteiger partial charge in [0, 0.05) is 48.6 Å². The Bertz CT molecular complexity index is 1710. The molecule has 13 nitrogen and oxygen atoms in total. The van der Waals surface area contributed by atoms with E-state index >= 15 is 0 Å². The molecule has 0 spiro atoms. The number of likely N-dealkylation sites (N-methyl/N-ethyl adjacent to an activating group) is 2. The van der Waals surface area contributed by atoms with Crippen molar-refractivity contribution in [1.29, 1.82) is 0 Å². The van der Waals surface area contributed by atoms with Crippen molar-refractivity contribution in [2.75, 3.05) is 57.7 Å². The zero-order valence-electron chi connectivity index (χ0n) is 24.2. The van der Waals surface area contributed by atoms with E-state index in [2.05, 4.69) is 15.3 Å². The number of nitro groups is 1. The first-order valence-electron chi connectivity index (χ1n) is 12.8. The third-order valence-corrected chi connectivity index (χ3v) is 6.77. The molecule has 2 heterocycles. The molecule has 0 atom stereocenters. The predicted octanol–water partition coefficient (Wildman–Crippen LogP) is 2.17. The van der Waals surface area contributed by atoms with Crippen LogP contribution >= 0.6 is 0 Å². The van der Waals surface area contributed by atoms with Gasteiger partial charge in [-0.05, 0) is 26.2 Å². The molecule has 2 aromatic carbocycles. The lowest BCUT2D eigenvalue weighted by molar-refractivity contribution is -0.480. The Labute approximate surface area is 224 Å². The van der Waals surface area contributed by atoms with Gasteiger partial charge in [-0.2, -0.15) is 18.0 Å². The van der Waals surface area contributed by atoms with E-state index in [4.69, 9.17) is 8.85 Å². The van der Waals surface area contributed by atoms with Gasteiger partial charge in [-0.1, -0.05) is 12.1 Å². The number of methoxy groups -OCH3 is 1. The lowest BCUT2D eigenvalue weighted by atomic mass is 10.2. The number of benzene rings is 2. The number of hydrogen-bond acceptors (Lipinski definition) is 10. The van der Waals surface area contributed by atoms with Crippen LogP contribution in [-0.2, 0) is 10.0 Å². The van der Waals surface area contributed by atoms with E-state index in [9.17, 15) is 18.5 Å². The van der Waals surface area contributed by atoms with E-state index < -0.39 is 21.9 Å². The minimum Gasteiger partial charge on any atom is -0.494 e. The number of fused-ring (bicyclic) bond motifs is 1. The van der Waals surface area contributed by atoms with Crippen LogP contribution in [0.3, 0.4) is 0 Å². The molecule has 4 rings (SSSR count). The highest BCUT2D eigenvalue weighted by Crippen LogP contribution is 2.38. The Morgan fingerprint density at radius 2 is 2.00 bits per heavy atom. The third-order valence-electron chi connectivity index (χ3n) is 5.77. The van der Waals surface area contributed by atoms with Crippen molar-refractivity contribution in [3.8, 4) is 11.6 Å². The summed E-state index contributed by atoms with van der Waals surface area (Å²) in [6, 6.07) is 11.3. The molecular weight excluding hydrogens is 512 g/mol. The van der Waals surface area contributed by atoms with E-state index in [1.807, 2.05) is 0 Å². The molecule has 0 aliphatic carbocycles. The zero-order chi connectivity index (χ0) is 30.1. The first-order valence-corrected chi connectivity index (χ1v) is 13.2. The number of ether oxygens (including phenoxy) is 1. The van der Waals surface area contributed by atoms with Gasteiger partial charge in [0.05, 0.1) is 24.0 Å². The first kappa shape index (κ1) is 22.9. The molecule has 0 saturated heterocycles. The number of rotatable bonds is 10. The maximum absolute atomic E-state index is 12.4. The first-order chi connectivity index (χ1) is 19.2. The summed E-state index contributed by atoms with van der Waals surface area (Å²) < 4.78 is 55.4. The Balaban J connectivity index is 1.69. The Kier molecular flexibility index (Phi) is 6.37. The van der Waals surface area contributed by atoms with Gasteiger partial charge in [-0.15, -0.1) is 3.97 Å². The molecule has 4 aromatic rings. The highest BCUT2D eigenvalue weighted by atomic mass is 32.2. The molecule has 0 bridgehead atoms. The van der Waals surface area contributed by atoms with Crippen LogP contribution in [0.2, 0.25) is 0 Å². The van der Waals surface area contributed by atoms with Gasteiger partial charge in [0.25, 0.3) is 12.0 Å². The van der Waals surface area contributed by atoms with E-state index in [1.165, 1.54) is 43.7 Å². The molecule has 1 N–H and O–H groups in total. The number of hydrogen-bond donors (Lipinski definition) is 1. The zero-order valence-corrected chi connectivity index (χ0v) is 22.0. The Morgan fingerprint density at radius 3 is 2.68 bits per heavy atom. The second-order valence-corrected chi connectivity index (χ2v) is 10.4. The molecule has 0 amide bonds. The summed E-state index contributed by atoms with van der Waals surface area (Å²) in [6.07, 6.45) is 3.98. The molecular formula is C24H29N8O5S+. The SMILES string of the molecule is [2H]C([2H])([2H])N(C)CCN(C)c1cc(OC)c(Nc2nccc(-n3c[n+](S(C)(=O)=O)c4ccccc43)n2)cc1[N+](=O)[O-]. The largest absolute Gasteiger partial charge is 0.494 e. The van der Waals surface area contributed by atoms with Crippen LogP contribution in [0, 0.1) is 10.1 Å². The summed E-state index contributed by atoms with van der Waals surface area (Å²) in [5, 5.41) is 15.0. The molecule has 38 heavy (non-hydrogen) atoms. The number of imidazole rings is 1. The molecule has 2 aromatic heterocycles. The molecule has 0 aliphatic rings. The van der Waals surface area contributed by atoms with Crippen molar-refractivity contribution >= 4 is 44.1 Å². The predicted molar refractivity (Wildman–Crippen MR) is 144 cm³/mol. The fraction of sp³-hybridized carbons (Fsp3) is 0.292. The van der Waals surface area contributed by atoms with Crippen LogP contribution in [0.4, 0.5) is 23.0 Å². The fourth-order valence-electron chi connectivity index (χ4n) is 3.89. The molecule has 0 fully saturated rings. The average molecular weight is 545 g/mol. The second-order valence-electron chi connectivity index (χ2n) is 8.54. The van der Waals surface area contributed by atoms with Crippen molar-refractivity contribution in [3.05, 3.63) is 65.1 Å². The van der Waals surface area contributed by atoms with E-state index in [-0.39, 0.29) is 41.8 Å². The van der Waals surface area contributed by atoms with E-state index in [0.717, 1.165) is 10.2 Å². The van der Waals surface area contributed by atoms with Crippen LogP contribution < -0.4 is 18.9 Å². The standard InChI is InChI=1S/C24H29N8O5S/c1-28(2)12-13-29(3)20-15-22(37-4)17(14-21(20)32(33)34)26-24-25-11-10-23(27-24)30-16-31(38(5,35)36)19-9-7-6-8-18(19)30/h6-11,14-16H,12-13H2,1-5H3,(H,25,26,27)/q+1/i1D3. The average Bonchev–Trinajstić information content (AvgIpc) is 3.31. The van der Waals surface area contributed by atoms with Crippen LogP contribution in [-0.4, -0.2) is 80.3 Å². The van der Waals surface area contributed by atoms with Gasteiger partial charge in [0.15, 0.2) is 11.0 Å². The normalized spacial score (nSPS) is 13.1. The van der Waals surface area contributed by atoms with E-state index in [1.54, 1.807) is 46.8 Å². The molecule has 0 aliphatic heterocycles. The Hall–Kier alpha value is -4.30. The summed E-state index contributed by atoms with van der Waals surface area (Å²) in [4.78, 5) is 22.9. The summed E-state index contributed by atoms with van der Waals surface area (Å²) in [5.74, 6) is 0.695. The van der Waals surface area contributed by atoms with Crippen LogP contribution in [0.25, 0.3) is 16.9 Å². The van der Waals surface area contributed by atoms with Crippen molar-refractivity contribution in [1.82, 2.24) is 19.4 Å².